The van der Waals surface area contributed by atoms with Gasteiger partial charge in [0.15, 0.2) is 12.0 Å². The first-order chi connectivity index (χ1) is 11.3. The third kappa shape index (κ3) is 4.22. The summed E-state index contributed by atoms with van der Waals surface area (Å²) in [5, 5.41) is 3.12. The van der Waals surface area contributed by atoms with E-state index in [-0.39, 0.29) is 23.1 Å². The summed E-state index contributed by atoms with van der Waals surface area (Å²) in [4.78, 5) is 35.8. The average molecular weight is 331 g/mol. The standard InChI is InChI=1S/C18H21NO5/c1-10(2)12(4)19-17(21)9-23-18(22)16-8-14(20)13-7-11(3)5-6-15(13)24-16/h5-8,10,12H,9H2,1-4H3,(H,19,21)/t12-/m1/s1. The third-order valence-corrected chi connectivity index (χ3v) is 3.81. The first kappa shape index (κ1) is 17.7. The van der Waals surface area contributed by atoms with Gasteiger partial charge in [0.05, 0.1) is 5.39 Å². The summed E-state index contributed by atoms with van der Waals surface area (Å²) < 4.78 is 10.3. The molecule has 24 heavy (non-hydrogen) atoms. The lowest BCUT2D eigenvalue weighted by Gasteiger charge is -2.17. The number of carbonyl (C=O) groups is 2. The van der Waals surface area contributed by atoms with E-state index >= 15 is 0 Å². The van der Waals surface area contributed by atoms with E-state index in [0.29, 0.717) is 11.0 Å². The second-order valence-corrected chi connectivity index (χ2v) is 6.15. The number of ether oxygens (including phenoxy) is 1. The Bertz CT molecular complexity index is 822. The van der Waals surface area contributed by atoms with Crippen LogP contribution >= 0.6 is 0 Å². The SMILES string of the molecule is Cc1ccc2oc(C(=O)OCC(=O)N[C@H](C)C(C)C)cc(=O)c2c1. The van der Waals surface area contributed by atoms with Crippen LogP contribution in [0.25, 0.3) is 11.0 Å². The second kappa shape index (κ2) is 7.29. The molecule has 1 aromatic heterocycles. The minimum absolute atomic E-state index is 0.0296. The van der Waals surface area contributed by atoms with E-state index in [1.54, 1.807) is 18.2 Å². The normalized spacial score (nSPS) is 12.2. The summed E-state index contributed by atoms with van der Waals surface area (Å²) in [7, 11) is 0. The van der Waals surface area contributed by atoms with Crippen LogP contribution in [0.3, 0.4) is 0 Å². The van der Waals surface area contributed by atoms with Gasteiger partial charge in [0.2, 0.25) is 5.76 Å². The number of esters is 1. The highest BCUT2D eigenvalue weighted by Crippen LogP contribution is 2.14. The van der Waals surface area contributed by atoms with Crippen molar-refractivity contribution in [3.63, 3.8) is 0 Å². The average Bonchev–Trinajstić information content (AvgIpc) is 2.52. The Morgan fingerprint density at radius 3 is 2.58 bits per heavy atom. The Morgan fingerprint density at radius 1 is 1.21 bits per heavy atom. The Hall–Kier alpha value is -2.63. The molecule has 1 N–H and O–H groups in total. The number of amides is 1. The van der Waals surface area contributed by atoms with Gasteiger partial charge in [-0.1, -0.05) is 25.5 Å². The van der Waals surface area contributed by atoms with Gasteiger partial charge in [-0.2, -0.15) is 0 Å². The van der Waals surface area contributed by atoms with Gasteiger partial charge in [-0.3, -0.25) is 9.59 Å². The van der Waals surface area contributed by atoms with E-state index in [1.165, 1.54) is 0 Å². The molecule has 0 bridgehead atoms. The Labute approximate surface area is 139 Å². The lowest BCUT2D eigenvalue weighted by Crippen LogP contribution is -2.38. The van der Waals surface area contributed by atoms with Crippen LogP contribution in [-0.4, -0.2) is 24.5 Å². The van der Waals surface area contributed by atoms with E-state index in [1.807, 2.05) is 27.7 Å². The van der Waals surface area contributed by atoms with E-state index in [0.717, 1.165) is 11.6 Å². The molecule has 2 aromatic rings. The highest BCUT2D eigenvalue weighted by atomic mass is 16.5. The van der Waals surface area contributed by atoms with Crippen LogP contribution in [0.5, 0.6) is 0 Å². The summed E-state index contributed by atoms with van der Waals surface area (Å²) in [6.45, 7) is 7.25. The summed E-state index contributed by atoms with van der Waals surface area (Å²) in [6.07, 6.45) is 0. The molecule has 0 saturated carbocycles. The van der Waals surface area contributed by atoms with Crippen LogP contribution < -0.4 is 10.7 Å². The van der Waals surface area contributed by atoms with Crippen molar-refractivity contribution in [2.45, 2.75) is 33.7 Å². The van der Waals surface area contributed by atoms with Crippen molar-refractivity contribution in [2.24, 2.45) is 5.92 Å². The number of fused-ring (bicyclic) bond motifs is 1. The van der Waals surface area contributed by atoms with Crippen LogP contribution in [0.2, 0.25) is 0 Å². The minimum atomic E-state index is -0.845. The number of rotatable bonds is 5. The maximum absolute atomic E-state index is 12.1. The van der Waals surface area contributed by atoms with Crippen LogP contribution in [0, 0.1) is 12.8 Å². The zero-order chi connectivity index (χ0) is 17.9. The van der Waals surface area contributed by atoms with Gasteiger partial charge in [-0.25, -0.2) is 4.79 Å². The molecule has 0 saturated heterocycles. The summed E-state index contributed by atoms with van der Waals surface area (Å²) >= 11 is 0. The molecule has 1 heterocycles. The fourth-order valence-corrected chi connectivity index (χ4v) is 2.04. The fourth-order valence-electron chi connectivity index (χ4n) is 2.04. The molecule has 2 rings (SSSR count). The van der Waals surface area contributed by atoms with E-state index in [2.05, 4.69) is 5.32 Å². The fraction of sp³-hybridized carbons (Fsp3) is 0.389. The summed E-state index contributed by atoms with van der Waals surface area (Å²) in [6, 6.07) is 6.15. The molecule has 128 valence electrons. The van der Waals surface area contributed by atoms with Gasteiger partial charge >= 0.3 is 5.97 Å². The van der Waals surface area contributed by atoms with Gasteiger partial charge in [0, 0.05) is 12.1 Å². The van der Waals surface area contributed by atoms with Gasteiger partial charge in [-0.05, 0) is 31.9 Å². The quantitative estimate of drug-likeness (QED) is 0.850. The lowest BCUT2D eigenvalue weighted by atomic mass is 10.1. The van der Waals surface area contributed by atoms with Crippen molar-refractivity contribution in [1.29, 1.82) is 0 Å². The topological polar surface area (TPSA) is 85.6 Å². The van der Waals surface area contributed by atoms with Gasteiger partial charge < -0.3 is 14.5 Å². The van der Waals surface area contributed by atoms with E-state index in [4.69, 9.17) is 9.15 Å². The highest BCUT2D eigenvalue weighted by molar-refractivity contribution is 5.90. The highest BCUT2D eigenvalue weighted by Gasteiger charge is 2.17. The smallest absolute Gasteiger partial charge is 0.374 e. The molecule has 0 fully saturated rings. The van der Waals surface area contributed by atoms with E-state index in [9.17, 15) is 14.4 Å². The predicted molar refractivity (Wildman–Crippen MR) is 89.9 cm³/mol. The van der Waals surface area contributed by atoms with Crippen molar-refractivity contribution >= 4 is 22.8 Å². The molecule has 1 aromatic carbocycles. The van der Waals surface area contributed by atoms with Crippen molar-refractivity contribution in [3.05, 3.63) is 45.8 Å². The maximum Gasteiger partial charge on any atom is 0.374 e. The van der Waals surface area contributed by atoms with Crippen molar-refractivity contribution in [3.8, 4) is 0 Å². The molecule has 1 amide bonds. The third-order valence-electron chi connectivity index (χ3n) is 3.81. The zero-order valence-electron chi connectivity index (χ0n) is 14.2. The molecule has 0 aliphatic carbocycles. The number of nitrogens with one attached hydrogen (secondary N) is 1. The van der Waals surface area contributed by atoms with E-state index < -0.39 is 18.5 Å². The van der Waals surface area contributed by atoms with Crippen LogP contribution in [-0.2, 0) is 9.53 Å². The molecular weight excluding hydrogens is 310 g/mol. The van der Waals surface area contributed by atoms with Crippen molar-refractivity contribution in [2.75, 3.05) is 6.61 Å². The molecule has 0 aliphatic rings. The van der Waals surface area contributed by atoms with Gasteiger partial charge in [0.25, 0.3) is 5.91 Å². The molecule has 0 unspecified atom stereocenters. The molecule has 6 nitrogen and oxygen atoms in total. The number of aryl methyl sites for hydroxylation is 1. The second-order valence-electron chi connectivity index (χ2n) is 6.15. The molecule has 1 atom stereocenters. The number of hydrogen-bond donors (Lipinski definition) is 1. The number of benzene rings is 1. The van der Waals surface area contributed by atoms with Crippen LogP contribution in [0.15, 0.2) is 33.5 Å². The Balaban J connectivity index is 2.08. The van der Waals surface area contributed by atoms with Gasteiger partial charge in [0.1, 0.15) is 5.58 Å². The Morgan fingerprint density at radius 2 is 1.92 bits per heavy atom. The summed E-state index contributed by atoms with van der Waals surface area (Å²) in [5.74, 6) is -1.20. The number of carbonyl (C=O) groups excluding carboxylic acids is 2. The van der Waals surface area contributed by atoms with Crippen LogP contribution in [0.4, 0.5) is 0 Å². The van der Waals surface area contributed by atoms with Crippen molar-refractivity contribution in [1.82, 2.24) is 5.32 Å². The predicted octanol–water partition coefficient (Wildman–Crippen LogP) is 2.42. The monoisotopic (exact) mass is 331 g/mol. The first-order valence-corrected chi connectivity index (χ1v) is 7.79. The molecule has 0 spiro atoms. The zero-order valence-corrected chi connectivity index (χ0v) is 14.2. The van der Waals surface area contributed by atoms with Crippen molar-refractivity contribution < 1.29 is 18.7 Å². The number of hydrogen-bond acceptors (Lipinski definition) is 5. The largest absolute Gasteiger partial charge is 0.450 e. The maximum atomic E-state index is 12.1. The Kier molecular flexibility index (Phi) is 5.39. The molecule has 6 heteroatoms. The lowest BCUT2D eigenvalue weighted by molar-refractivity contribution is -0.125. The molecular formula is C18H21NO5. The molecule has 0 radical (unpaired) electrons. The summed E-state index contributed by atoms with van der Waals surface area (Å²) in [5.41, 5.74) is 0.892. The molecule has 0 aliphatic heterocycles. The minimum Gasteiger partial charge on any atom is -0.450 e. The first-order valence-electron chi connectivity index (χ1n) is 7.79. The van der Waals surface area contributed by atoms with Crippen LogP contribution in [0.1, 0.15) is 36.9 Å². The van der Waals surface area contributed by atoms with Gasteiger partial charge in [-0.15, -0.1) is 0 Å².